The molecule has 1 atom stereocenters. The Labute approximate surface area is 85.6 Å². The van der Waals surface area contributed by atoms with Crippen LogP contribution in [0.15, 0.2) is 0 Å². The Balaban J connectivity index is 2.47. The third kappa shape index (κ3) is 3.15. The molecule has 0 aromatic rings. The van der Waals surface area contributed by atoms with Gasteiger partial charge in [0.05, 0.1) is 0 Å². The van der Waals surface area contributed by atoms with Crippen LogP contribution in [0.25, 0.3) is 0 Å². The molecule has 1 aliphatic rings. The van der Waals surface area contributed by atoms with Gasteiger partial charge in [0.25, 0.3) is 0 Å². The van der Waals surface area contributed by atoms with Crippen LogP contribution in [0.5, 0.6) is 0 Å². The molecule has 0 aliphatic carbocycles. The summed E-state index contributed by atoms with van der Waals surface area (Å²) in [5, 5.41) is 0.724. The van der Waals surface area contributed by atoms with Crippen molar-refractivity contribution < 1.29 is 4.74 Å². The van der Waals surface area contributed by atoms with Gasteiger partial charge in [-0.3, -0.25) is 0 Å². The molecule has 1 saturated heterocycles. The molecule has 1 heterocycles. The molecule has 0 amide bonds. The molecule has 0 saturated carbocycles. The van der Waals surface area contributed by atoms with Crippen LogP contribution in [-0.2, 0) is 4.74 Å². The molecule has 0 bridgehead atoms. The lowest BCUT2D eigenvalue weighted by Gasteiger charge is -2.37. The Morgan fingerprint density at radius 2 is 2.08 bits per heavy atom. The second-order valence-corrected chi connectivity index (χ2v) is 5.74. The minimum absolute atomic E-state index is 0.313. The van der Waals surface area contributed by atoms with Gasteiger partial charge >= 0.3 is 0 Å². The second kappa shape index (κ2) is 5.23. The number of ether oxygens (including phenoxy) is 1. The molecule has 2 N–H and O–H groups in total. The van der Waals surface area contributed by atoms with Crippen LogP contribution in [0.3, 0.4) is 0 Å². The van der Waals surface area contributed by atoms with E-state index < -0.39 is 0 Å². The topological polar surface area (TPSA) is 35.2 Å². The fourth-order valence-electron chi connectivity index (χ4n) is 1.62. The van der Waals surface area contributed by atoms with Gasteiger partial charge < -0.3 is 10.5 Å². The minimum atomic E-state index is 0.313. The number of hydrogen-bond acceptors (Lipinski definition) is 3. The molecule has 1 fully saturated rings. The van der Waals surface area contributed by atoms with Crippen molar-refractivity contribution in [3.8, 4) is 0 Å². The normalized spacial score (nSPS) is 24.2. The second-order valence-electron chi connectivity index (χ2n) is 3.84. The maximum absolute atomic E-state index is 5.86. The summed E-state index contributed by atoms with van der Waals surface area (Å²) in [6, 6.07) is 0. The molecule has 1 aliphatic heterocycles. The van der Waals surface area contributed by atoms with Crippen LogP contribution >= 0.6 is 11.8 Å². The summed E-state index contributed by atoms with van der Waals surface area (Å²) in [5.74, 6) is 0. The zero-order chi connectivity index (χ0) is 9.73. The first-order chi connectivity index (χ1) is 6.22. The number of rotatable bonds is 4. The zero-order valence-electron chi connectivity index (χ0n) is 8.71. The maximum Gasteiger partial charge on any atom is 0.0479 e. The molecule has 0 spiro atoms. The molecule has 0 radical (unpaired) electrons. The van der Waals surface area contributed by atoms with E-state index in [4.69, 9.17) is 10.5 Å². The summed E-state index contributed by atoms with van der Waals surface area (Å²) < 4.78 is 5.69. The van der Waals surface area contributed by atoms with Crippen LogP contribution in [-0.4, -0.2) is 29.8 Å². The average Bonchev–Trinajstić information content (AvgIpc) is 2.19. The van der Waals surface area contributed by atoms with Crippen molar-refractivity contribution in [2.24, 2.45) is 5.73 Å². The number of nitrogens with two attached hydrogens (primary N) is 1. The van der Waals surface area contributed by atoms with Gasteiger partial charge in [-0.25, -0.2) is 0 Å². The smallest absolute Gasteiger partial charge is 0.0479 e. The largest absolute Gasteiger partial charge is 0.381 e. The Morgan fingerprint density at radius 1 is 1.46 bits per heavy atom. The summed E-state index contributed by atoms with van der Waals surface area (Å²) in [4.78, 5) is 0. The number of hydrogen-bond donors (Lipinski definition) is 1. The Morgan fingerprint density at radius 3 is 2.54 bits per heavy atom. The van der Waals surface area contributed by atoms with E-state index in [1.54, 1.807) is 0 Å². The molecular weight excluding hydrogens is 182 g/mol. The summed E-state index contributed by atoms with van der Waals surface area (Å²) in [5.41, 5.74) is 5.86. The molecule has 3 heteroatoms. The first-order valence-corrected chi connectivity index (χ1v) is 6.06. The molecule has 0 aromatic heterocycles. The third-order valence-corrected chi connectivity index (χ3v) is 4.61. The highest BCUT2D eigenvalue weighted by molar-refractivity contribution is 8.01. The fourth-order valence-corrected chi connectivity index (χ4v) is 3.14. The third-order valence-electron chi connectivity index (χ3n) is 2.80. The van der Waals surface area contributed by atoms with Gasteiger partial charge in [0.1, 0.15) is 0 Å². The van der Waals surface area contributed by atoms with Crippen molar-refractivity contribution >= 4 is 11.8 Å². The highest BCUT2D eigenvalue weighted by Crippen LogP contribution is 2.38. The summed E-state index contributed by atoms with van der Waals surface area (Å²) in [6.45, 7) is 7.10. The molecule has 2 nitrogen and oxygen atoms in total. The van der Waals surface area contributed by atoms with E-state index in [-0.39, 0.29) is 0 Å². The molecule has 13 heavy (non-hydrogen) atoms. The van der Waals surface area contributed by atoms with Gasteiger partial charge in [-0.15, -0.1) is 0 Å². The van der Waals surface area contributed by atoms with Crippen molar-refractivity contribution in [2.75, 3.05) is 19.8 Å². The lowest BCUT2D eigenvalue weighted by molar-refractivity contribution is 0.0791. The van der Waals surface area contributed by atoms with E-state index in [1.165, 1.54) is 6.42 Å². The van der Waals surface area contributed by atoms with E-state index in [1.807, 2.05) is 0 Å². The van der Waals surface area contributed by atoms with Crippen LogP contribution in [0.1, 0.15) is 33.1 Å². The van der Waals surface area contributed by atoms with Gasteiger partial charge in [-0.05, 0) is 19.3 Å². The lowest BCUT2D eigenvalue weighted by atomic mass is 9.99. The standard InChI is InChI=1S/C10H21NOS/c1-3-9(2)13-10(8-11)4-6-12-7-5-10/h9H,3-8,11H2,1-2H3. The first kappa shape index (κ1) is 11.3. The lowest BCUT2D eigenvalue weighted by Crippen LogP contribution is -2.41. The molecule has 1 rings (SSSR count). The van der Waals surface area contributed by atoms with Crippen molar-refractivity contribution in [3.05, 3.63) is 0 Å². The number of thioether (sulfide) groups is 1. The monoisotopic (exact) mass is 203 g/mol. The molecule has 1 unspecified atom stereocenters. The van der Waals surface area contributed by atoms with Gasteiger partial charge in [0.2, 0.25) is 0 Å². The molecule has 78 valence electrons. The van der Waals surface area contributed by atoms with Gasteiger partial charge in [0, 0.05) is 29.8 Å². The van der Waals surface area contributed by atoms with Gasteiger partial charge in [-0.1, -0.05) is 13.8 Å². The summed E-state index contributed by atoms with van der Waals surface area (Å²) in [7, 11) is 0. The highest BCUT2D eigenvalue weighted by atomic mass is 32.2. The van der Waals surface area contributed by atoms with Crippen LogP contribution < -0.4 is 5.73 Å². The SMILES string of the molecule is CCC(C)SC1(CN)CCOCC1. The van der Waals surface area contributed by atoms with Crippen molar-refractivity contribution in [1.82, 2.24) is 0 Å². The molecular formula is C10H21NOS. The average molecular weight is 203 g/mol. The van der Waals surface area contributed by atoms with Crippen LogP contribution in [0, 0.1) is 0 Å². The first-order valence-electron chi connectivity index (χ1n) is 5.18. The predicted octanol–water partition coefficient (Wildman–Crippen LogP) is 2.03. The van der Waals surface area contributed by atoms with E-state index in [0.717, 1.165) is 37.9 Å². The van der Waals surface area contributed by atoms with Crippen LogP contribution in [0.2, 0.25) is 0 Å². The summed E-state index contributed by atoms with van der Waals surface area (Å²) >= 11 is 2.06. The summed E-state index contributed by atoms with van der Waals surface area (Å²) in [6.07, 6.45) is 3.48. The zero-order valence-corrected chi connectivity index (χ0v) is 9.53. The van der Waals surface area contributed by atoms with E-state index in [0.29, 0.717) is 4.75 Å². The quantitative estimate of drug-likeness (QED) is 0.759. The van der Waals surface area contributed by atoms with Gasteiger partial charge in [-0.2, -0.15) is 11.8 Å². The fraction of sp³-hybridized carbons (Fsp3) is 1.00. The maximum atomic E-state index is 5.86. The Hall–Kier alpha value is 0.270. The predicted molar refractivity (Wildman–Crippen MR) is 59.2 cm³/mol. The van der Waals surface area contributed by atoms with E-state index in [9.17, 15) is 0 Å². The van der Waals surface area contributed by atoms with Crippen molar-refractivity contribution in [3.63, 3.8) is 0 Å². The van der Waals surface area contributed by atoms with Crippen molar-refractivity contribution in [2.45, 2.75) is 43.1 Å². The highest BCUT2D eigenvalue weighted by Gasteiger charge is 2.32. The Bertz CT molecular complexity index is 146. The van der Waals surface area contributed by atoms with E-state index in [2.05, 4.69) is 25.6 Å². The Kier molecular flexibility index (Phi) is 4.56. The molecule has 0 aromatic carbocycles. The minimum Gasteiger partial charge on any atom is -0.381 e. The van der Waals surface area contributed by atoms with E-state index >= 15 is 0 Å². The van der Waals surface area contributed by atoms with Crippen molar-refractivity contribution in [1.29, 1.82) is 0 Å². The van der Waals surface area contributed by atoms with Crippen LogP contribution in [0.4, 0.5) is 0 Å². The van der Waals surface area contributed by atoms with Gasteiger partial charge in [0.15, 0.2) is 0 Å².